The molecule has 2 N–H and O–H groups in total. The van der Waals surface area contributed by atoms with Crippen molar-refractivity contribution < 1.29 is 14.7 Å². The van der Waals surface area contributed by atoms with E-state index in [0.29, 0.717) is 5.56 Å². The Kier molecular flexibility index (Phi) is 5.55. The Morgan fingerprint density at radius 1 is 1.13 bits per heavy atom. The topological polar surface area (TPSA) is 66.4 Å². The number of aliphatic carboxylic acids is 1. The molecule has 0 aliphatic rings. The standard InChI is InChI=1S/C18H18BrNO3/c1-11-5-3-6-12(2)15(11)10-16(18(22)23)20-17(21)13-7-4-8-14(19)9-13/h3-9,16H,10H2,1-2H3,(H,20,21)(H,22,23)/t16-/m0/s1. The number of carboxylic acids is 1. The third kappa shape index (κ3) is 4.42. The van der Waals surface area contributed by atoms with E-state index in [1.54, 1.807) is 18.2 Å². The lowest BCUT2D eigenvalue weighted by atomic mass is 9.96. The van der Waals surface area contributed by atoms with E-state index in [0.717, 1.165) is 21.2 Å². The van der Waals surface area contributed by atoms with Crippen molar-refractivity contribution in [2.24, 2.45) is 0 Å². The minimum atomic E-state index is -1.05. The molecule has 0 saturated carbocycles. The zero-order valence-corrected chi connectivity index (χ0v) is 14.6. The first-order valence-electron chi connectivity index (χ1n) is 7.23. The molecule has 0 unspecified atom stereocenters. The van der Waals surface area contributed by atoms with Crippen LogP contribution in [0.15, 0.2) is 46.9 Å². The van der Waals surface area contributed by atoms with Crippen molar-refractivity contribution >= 4 is 27.8 Å². The van der Waals surface area contributed by atoms with E-state index in [4.69, 9.17) is 0 Å². The molecule has 1 atom stereocenters. The van der Waals surface area contributed by atoms with E-state index >= 15 is 0 Å². The van der Waals surface area contributed by atoms with Gasteiger partial charge in [-0.1, -0.05) is 40.2 Å². The number of hydrogen-bond donors (Lipinski definition) is 2. The summed E-state index contributed by atoms with van der Waals surface area (Å²) in [6.07, 6.45) is 0.258. The van der Waals surface area contributed by atoms with Gasteiger partial charge in [0.25, 0.3) is 5.91 Å². The Balaban J connectivity index is 2.19. The molecular weight excluding hydrogens is 358 g/mol. The van der Waals surface area contributed by atoms with Gasteiger partial charge in [0.15, 0.2) is 0 Å². The van der Waals surface area contributed by atoms with Crippen LogP contribution in [0.5, 0.6) is 0 Å². The van der Waals surface area contributed by atoms with Crippen molar-refractivity contribution in [3.8, 4) is 0 Å². The molecule has 2 rings (SSSR count). The maximum Gasteiger partial charge on any atom is 0.326 e. The summed E-state index contributed by atoms with van der Waals surface area (Å²) in [6.45, 7) is 3.88. The molecule has 0 aliphatic heterocycles. The highest BCUT2D eigenvalue weighted by Crippen LogP contribution is 2.16. The molecule has 0 saturated heterocycles. The van der Waals surface area contributed by atoms with Crippen molar-refractivity contribution in [2.45, 2.75) is 26.3 Å². The molecule has 1 amide bonds. The number of hydrogen-bond acceptors (Lipinski definition) is 2. The second kappa shape index (κ2) is 7.42. The van der Waals surface area contributed by atoms with E-state index < -0.39 is 17.9 Å². The monoisotopic (exact) mass is 375 g/mol. The number of benzene rings is 2. The predicted octanol–water partition coefficient (Wildman–Crippen LogP) is 3.49. The first-order valence-corrected chi connectivity index (χ1v) is 8.02. The molecule has 0 heterocycles. The number of amides is 1. The fraction of sp³-hybridized carbons (Fsp3) is 0.222. The third-order valence-electron chi connectivity index (χ3n) is 3.74. The van der Waals surface area contributed by atoms with Crippen LogP contribution in [0.3, 0.4) is 0 Å². The normalized spacial score (nSPS) is 11.8. The number of aryl methyl sites for hydroxylation is 2. The fourth-order valence-electron chi connectivity index (χ4n) is 2.45. The highest BCUT2D eigenvalue weighted by atomic mass is 79.9. The lowest BCUT2D eigenvalue weighted by Crippen LogP contribution is -2.42. The molecule has 5 heteroatoms. The Morgan fingerprint density at radius 2 is 1.74 bits per heavy atom. The van der Waals surface area contributed by atoms with Gasteiger partial charge in [-0.05, 0) is 48.7 Å². The number of carboxylic acid groups (broad SMARTS) is 1. The third-order valence-corrected chi connectivity index (χ3v) is 4.24. The van der Waals surface area contributed by atoms with Gasteiger partial charge in [0, 0.05) is 16.5 Å². The van der Waals surface area contributed by atoms with Gasteiger partial charge >= 0.3 is 5.97 Å². The molecule has 2 aromatic carbocycles. The van der Waals surface area contributed by atoms with Gasteiger partial charge in [-0.2, -0.15) is 0 Å². The van der Waals surface area contributed by atoms with Gasteiger partial charge in [0.05, 0.1) is 0 Å². The second-order valence-corrected chi connectivity index (χ2v) is 6.36. The summed E-state index contributed by atoms with van der Waals surface area (Å²) in [7, 11) is 0. The van der Waals surface area contributed by atoms with Gasteiger partial charge in [0.2, 0.25) is 0 Å². The molecule has 4 nitrogen and oxygen atoms in total. The lowest BCUT2D eigenvalue weighted by molar-refractivity contribution is -0.139. The van der Waals surface area contributed by atoms with Crippen LogP contribution in [-0.2, 0) is 11.2 Å². The summed E-state index contributed by atoms with van der Waals surface area (Å²) in [5, 5.41) is 12.0. The maximum absolute atomic E-state index is 12.3. The molecule has 0 radical (unpaired) electrons. The van der Waals surface area contributed by atoms with E-state index in [9.17, 15) is 14.7 Å². The second-order valence-electron chi connectivity index (χ2n) is 5.45. The van der Waals surface area contributed by atoms with Crippen LogP contribution >= 0.6 is 15.9 Å². The lowest BCUT2D eigenvalue weighted by Gasteiger charge is -2.17. The zero-order valence-electron chi connectivity index (χ0n) is 13.0. The number of carbonyl (C=O) groups excluding carboxylic acids is 1. The zero-order chi connectivity index (χ0) is 17.0. The molecular formula is C18H18BrNO3. The van der Waals surface area contributed by atoms with E-state index in [1.165, 1.54) is 0 Å². The van der Waals surface area contributed by atoms with Gasteiger partial charge < -0.3 is 10.4 Å². The molecule has 23 heavy (non-hydrogen) atoms. The minimum absolute atomic E-state index is 0.258. The minimum Gasteiger partial charge on any atom is -0.480 e. The van der Waals surface area contributed by atoms with E-state index in [1.807, 2.05) is 38.1 Å². The Hall–Kier alpha value is -2.14. The van der Waals surface area contributed by atoms with Gasteiger partial charge in [-0.3, -0.25) is 4.79 Å². The highest BCUT2D eigenvalue weighted by Gasteiger charge is 2.22. The SMILES string of the molecule is Cc1cccc(C)c1C[C@H](NC(=O)c1cccc(Br)c1)C(=O)O. The molecule has 0 bridgehead atoms. The quantitative estimate of drug-likeness (QED) is 0.840. The Labute approximate surface area is 143 Å². The molecule has 0 aromatic heterocycles. The molecule has 0 aliphatic carbocycles. The van der Waals surface area contributed by atoms with Gasteiger partial charge in [-0.25, -0.2) is 4.79 Å². The van der Waals surface area contributed by atoms with Crippen LogP contribution in [-0.4, -0.2) is 23.0 Å². The van der Waals surface area contributed by atoms with E-state index in [-0.39, 0.29) is 6.42 Å². The van der Waals surface area contributed by atoms with Crippen molar-refractivity contribution in [1.82, 2.24) is 5.32 Å². The van der Waals surface area contributed by atoms with Crippen molar-refractivity contribution in [3.63, 3.8) is 0 Å². The van der Waals surface area contributed by atoms with Gasteiger partial charge in [0.1, 0.15) is 6.04 Å². The molecule has 2 aromatic rings. The summed E-state index contributed by atoms with van der Waals surface area (Å²) < 4.78 is 0.770. The Bertz CT molecular complexity index is 723. The summed E-state index contributed by atoms with van der Waals surface area (Å²) in [4.78, 5) is 23.8. The summed E-state index contributed by atoms with van der Waals surface area (Å²) in [5.74, 6) is -1.44. The maximum atomic E-state index is 12.3. The van der Waals surface area contributed by atoms with E-state index in [2.05, 4.69) is 21.2 Å². The molecule has 0 fully saturated rings. The van der Waals surface area contributed by atoms with Crippen molar-refractivity contribution in [3.05, 3.63) is 69.2 Å². The summed E-state index contributed by atoms with van der Waals surface area (Å²) in [6, 6.07) is 11.7. The number of halogens is 1. The van der Waals surface area contributed by atoms with Crippen molar-refractivity contribution in [2.75, 3.05) is 0 Å². The number of carbonyl (C=O) groups is 2. The van der Waals surface area contributed by atoms with Crippen LogP contribution in [0, 0.1) is 13.8 Å². The van der Waals surface area contributed by atoms with Crippen LogP contribution < -0.4 is 5.32 Å². The summed E-state index contributed by atoms with van der Waals surface area (Å²) in [5.41, 5.74) is 3.42. The number of nitrogens with one attached hydrogen (secondary N) is 1. The average molecular weight is 376 g/mol. The van der Waals surface area contributed by atoms with Crippen LogP contribution in [0.2, 0.25) is 0 Å². The van der Waals surface area contributed by atoms with Crippen LogP contribution in [0.4, 0.5) is 0 Å². The molecule has 0 spiro atoms. The smallest absolute Gasteiger partial charge is 0.326 e. The first kappa shape index (κ1) is 17.2. The fourth-order valence-corrected chi connectivity index (χ4v) is 2.85. The van der Waals surface area contributed by atoms with Crippen molar-refractivity contribution in [1.29, 1.82) is 0 Å². The predicted molar refractivity (Wildman–Crippen MR) is 92.7 cm³/mol. The van der Waals surface area contributed by atoms with Crippen LogP contribution in [0.1, 0.15) is 27.0 Å². The molecule has 120 valence electrons. The van der Waals surface area contributed by atoms with Gasteiger partial charge in [-0.15, -0.1) is 0 Å². The van der Waals surface area contributed by atoms with Crippen LogP contribution in [0.25, 0.3) is 0 Å². The first-order chi connectivity index (χ1) is 10.9. The highest BCUT2D eigenvalue weighted by molar-refractivity contribution is 9.10. The Morgan fingerprint density at radius 3 is 2.30 bits per heavy atom. The summed E-state index contributed by atoms with van der Waals surface area (Å²) >= 11 is 3.30. The number of rotatable bonds is 5. The largest absolute Gasteiger partial charge is 0.480 e. The average Bonchev–Trinajstić information content (AvgIpc) is 2.49.